The third-order valence-corrected chi connectivity index (χ3v) is 2.93. The third-order valence-electron chi connectivity index (χ3n) is 2.93. The molecule has 0 heterocycles. The third kappa shape index (κ3) is 3.48. The van der Waals surface area contributed by atoms with Gasteiger partial charge in [-0.15, -0.1) is 0 Å². The summed E-state index contributed by atoms with van der Waals surface area (Å²) in [6.45, 7) is 0.358. The van der Waals surface area contributed by atoms with Crippen LogP contribution >= 0.6 is 0 Å². The maximum absolute atomic E-state index is 10.9. The molecule has 0 aromatic heterocycles. The van der Waals surface area contributed by atoms with Gasteiger partial charge in [0.25, 0.3) is 5.69 Å². The highest BCUT2D eigenvalue weighted by atomic mass is 16.6. The minimum Gasteiger partial charge on any atom is -0.496 e. The molecule has 0 aliphatic carbocycles. The van der Waals surface area contributed by atoms with Crippen molar-refractivity contribution in [2.75, 3.05) is 12.4 Å². The number of non-ortho nitro benzene ring substituents is 1. The van der Waals surface area contributed by atoms with Crippen molar-refractivity contribution in [3.8, 4) is 11.8 Å². The molecule has 0 aliphatic heterocycles. The van der Waals surface area contributed by atoms with Crippen LogP contribution in [0.5, 0.6) is 5.75 Å². The van der Waals surface area contributed by atoms with E-state index in [2.05, 4.69) is 11.4 Å². The number of methoxy groups -OCH3 is 1. The Morgan fingerprint density at radius 2 is 2.10 bits per heavy atom. The molecule has 0 bridgehead atoms. The van der Waals surface area contributed by atoms with Crippen LogP contribution in [-0.2, 0) is 6.54 Å². The molecule has 2 aromatic rings. The van der Waals surface area contributed by atoms with E-state index in [1.165, 1.54) is 19.2 Å². The quantitative estimate of drug-likeness (QED) is 0.673. The Morgan fingerprint density at radius 1 is 1.33 bits per heavy atom. The molecule has 21 heavy (non-hydrogen) atoms. The molecule has 0 radical (unpaired) electrons. The summed E-state index contributed by atoms with van der Waals surface area (Å²) in [6.07, 6.45) is 0. The molecule has 0 aliphatic rings. The van der Waals surface area contributed by atoms with Gasteiger partial charge in [0.2, 0.25) is 0 Å². The largest absolute Gasteiger partial charge is 0.496 e. The number of hydrogen-bond donors (Lipinski definition) is 1. The highest BCUT2D eigenvalue weighted by Crippen LogP contribution is 2.23. The van der Waals surface area contributed by atoms with Gasteiger partial charge in [0.15, 0.2) is 0 Å². The number of rotatable bonds is 5. The van der Waals surface area contributed by atoms with Gasteiger partial charge >= 0.3 is 0 Å². The predicted octanol–water partition coefficient (Wildman–Crippen LogP) is 3.09. The molecule has 2 rings (SSSR count). The van der Waals surface area contributed by atoms with Crippen molar-refractivity contribution in [2.24, 2.45) is 0 Å². The van der Waals surface area contributed by atoms with Crippen molar-refractivity contribution < 1.29 is 9.66 Å². The maximum Gasteiger partial charge on any atom is 0.273 e. The first-order chi connectivity index (χ1) is 10.1. The Hall–Kier alpha value is -3.07. The molecule has 6 nitrogen and oxygen atoms in total. The zero-order valence-electron chi connectivity index (χ0n) is 11.4. The number of nitrogens with one attached hydrogen (secondary N) is 1. The minimum atomic E-state index is -0.463. The molecule has 1 N–H and O–H groups in total. The smallest absolute Gasteiger partial charge is 0.273 e. The molecular weight excluding hydrogens is 270 g/mol. The van der Waals surface area contributed by atoms with Gasteiger partial charge in [-0.3, -0.25) is 10.1 Å². The van der Waals surface area contributed by atoms with Crippen LogP contribution in [0.4, 0.5) is 11.4 Å². The predicted molar refractivity (Wildman–Crippen MR) is 78.1 cm³/mol. The summed E-state index contributed by atoms with van der Waals surface area (Å²) < 4.78 is 5.06. The lowest BCUT2D eigenvalue weighted by Gasteiger charge is -2.09. The number of benzene rings is 2. The first-order valence-corrected chi connectivity index (χ1v) is 6.19. The van der Waals surface area contributed by atoms with Crippen molar-refractivity contribution >= 4 is 11.4 Å². The van der Waals surface area contributed by atoms with Gasteiger partial charge < -0.3 is 10.1 Å². The molecule has 0 atom stereocenters. The average molecular weight is 283 g/mol. The molecule has 6 heteroatoms. The van der Waals surface area contributed by atoms with E-state index in [-0.39, 0.29) is 5.69 Å². The lowest BCUT2D eigenvalue weighted by molar-refractivity contribution is -0.385. The number of anilines is 1. The number of nitro groups is 1. The van der Waals surface area contributed by atoms with Crippen LogP contribution in [0.2, 0.25) is 0 Å². The van der Waals surface area contributed by atoms with Crippen molar-refractivity contribution in [1.82, 2.24) is 0 Å². The normalized spacial score (nSPS) is 9.71. The zero-order chi connectivity index (χ0) is 15.2. The van der Waals surface area contributed by atoms with Gasteiger partial charge in [0.1, 0.15) is 11.8 Å². The van der Waals surface area contributed by atoms with E-state index in [1.54, 1.807) is 24.3 Å². The van der Waals surface area contributed by atoms with Crippen LogP contribution in [0.1, 0.15) is 11.1 Å². The Morgan fingerprint density at radius 3 is 2.76 bits per heavy atom. The van der Waals surface area contributed by atoms with E-state index < -0.39 is 4.92 Å². The number of para-hydroxylation sites is 1. The summed E-state index contributed by atoms with van der Waals surface area (Å²) in [5.41, 5.74) is 1.88. The fraction of sp³-hybridized carbons (Fsp3) is 0.133. The van der Waals surface area contributed by atoms with E-state index >= 15 is 0 Å². The summed E-state index contributed by atoms with van der Waals surface area (Å²) >= 11 is 0. The SMILES string of the molecule is COc1cc(CNc2ccccc2C#N)cc([N+](=O)[O-])c1. The first-order valence-electron chi connectivity index (χ1n) is 6.19. The number of ether oxygens (including phenoxy) is 1. The first kappa shape index (κ1) is 14.3. The molecule has 106 valence electrons. The molecule has 0 saturated carbocycles. The van der Waals surface area contributed by atoms with E-state index in [0.29, 0.717) is 29.1 Å². The second kappa shape index (κ2) is 6.39. The average Bonchev–Trinajstić information content (AvgIpc) is 2.52. The van der Waals surface area contributed by atoms with Gasteiger partial charge in [0.05, 0.1) is 29.4 Å². The molecule has 0 amide bonds. The number of nitriles is 1. The Kier molecular flexibility index (Phi) is 4.36. The van der Waals surface area contributed by atoms with E-state index in [9.17, 15) is 10.1 Å². The van der Waals surface area contributed by atoms with Gasteiger partial charge in [0, 0.05) is 12.6 Å². The number of hydrogen-bond acceptors (Lipinski definition) is 5. The lowest BCUT2D eigenvalue weighted by Crippen LogP contribution is -2.02. The molecule has 0 unspecified atom stereocenters. The summed E-state index contributed by atoms with van der Waals surface area (Å²) in [5, 5.41) is 23.0. The monoisotopic (exact) mass is 283 g/mol. The molecule has 2 aromatic carbocycles. The van der Waals surface area contributed by atoms with Gasteiger partial charge in [-0.1, -0.05) is 12.1 Å². The summed E-state index contributed by atoms with van der Waals surface area (Å²) in [5.74, 6) is 0.426. The summed E-state index contributed by atoms with van der Waals surface area (Å²) in [6, 6.07) is 13.7. The molecule has 0 spiro atoms. The Balaban J connectivity index is 2.22. The van der Waals surface area contributed by atoms with Crippen LogP contribution < -0.4 is 10.1 Å². The van der Waals surface area contributed by atoms with Crippen LogP contribution in [0, 0.1) is 21.4 Å². The highest BCUT2D eigenvalue weighted by molar-refractivity contribution is 5.57. The Labute approximate surface area is 121 Å². The second-order valence-electron chi connectivity index (χ2n) is 4.31. The van der Waals surface area contributed by atoms with E-state index in [4.69, 9.17) is 10.00 Å². The highest BCUT2D eigenvalue weighted by Gasteiger charge is 2.10. The fourth-order valence-electron chi connectivity index (χ4n) is 1.90. The van der Waals surface area contributed by atoms with E-state index in [1.807, 2.05) is 6.07 Å². The van der Waals surface area contributed by atoms with E-state index in [0.717, 1.165) is 0 Å². The topological polar surface area (TPSA) is 88.2 Å². The van der Waals surface area contributed by atoms with Crippen LogP contribution in [-0.4, -0.2) is 12.0 Å². The Bertz CT molecular complexity index is 708. The number of nitrogens with zero attached hydrogens (tertiary/aromatic N) is 2. The van der Waals surface area contributed by atoms with Crippen molar-refractivity contribution in [2.45, 2.75) is 6.54 Å². The van der Waals surface area contributed by atoms with Crippen LogP contribution in [0.25, 0.3) is 0 Å². The van der Waals surface area contributed by atoms with Crippen LogP contribution in [0.3, 0.4) is 0 Å². The molecule has 0 saturated heterocycles. The summed E-state index contributed by atoms with van der Waals surface area (Å²) in [7, 11) is 1.46. The second-order valence-corrected chi connectivity index (χ2v) is 4.31. The van der Waals surface area contributed by atoms with Crippen molar-refractivity contribution in [1.29, 1.82) is 5.26 Å². The standard InChI is InChI=1S/C15H13N3O3/c1-21-14-7-11(6-13(8-14)18(19)20)10-17-15-5-3-2-4-12(15)9-16/h2-8,17H,10H2,1H3. The molecular formula is C15H13N3O3. The summed E-state index contributed by atoms with van der Waals surface area (Å²) in [4.78, 5) is 10.4. The number of nitro benzene ring substituents is 1. The van der Waals surface area contributed by atoms with Crippen molar-refractivity contribution in [3.63, 3.8) is 0 Å². The lowest BCUT2D eigenvalue weighted by atomic mass is 10.1. The van der Waals surface area contributed by atoms with Gasteiger partial charge in [-0.2, -0.15) is 5.26 Å². The van der Waals surface area contributed by atoms with Crippen molar-refractivity contribution in [3.05, 3.63) is 63.7 Å². The van der Waals surface area contributed by atoms with Gasteiger partial charge in [-0.25, -0.2) is 0 Å². The molecule has 0 fully saturated rings. The maximum atomic E-state index is 10.9. The van der Waals surface area contributed by atoms with Crippen LogP contribution in [0.15, 0.2) is 42.5 Å². The zero-order valence-corrected chi connectivity index (χ0v) is 11.4. The fourth-order valence-corrected chi connectivity index (χ4v) is 1.90. The minimum absolute atomic E-state index is 0.0280. The van der Waals surface area contributed by atoms with Gasteiger partial charge in [-0.05, 0) is 23.8 Å².